The lowest BCUT2D eigenvalue weighted by Crippen LogP contribution is -2.27. The maximum absolute atomic E-state index is 5.65. The summed E-state index contributed by atoms with van der Waals surface area (Å²) in [7, 11) is 0. The quantitative estimate of drug-likeness (QED) is 0.729. The first kappa shape index (κ1) is 12.4. The zero-order valence-corrected chi connectivity index (χ0v) is 10.5. The summed E-state index contributed by atoms with van der Waals surface area (Å²) in [6, 6.07) is 10.9. The maximum atomic E-state index is 5.65. The maximum Gasteiger partial charge on any atom is 0.119 e. The zero-order valence-electron chi connectivity index (χ0n) is 10.5. The first-order valence-electron chi connectivity index (χ1n) is 6.86. The average Bonchev–Trinajstić information content (AvgIpc) is 2.88. The van der Waals surface area contributed by atoms with Gasteiger partial charge in [-0.15, -0.1) is 0 Å². The summed E-state index contributed by atoms with van der Waals surface area (Å²) in [5.74, 6) is 0.983. The Labute approximate surface area is 104 Å². The van der Waals surface area contributed by atoms with Crippen LogP contribution < -0.4 is 10.1 Å². The van der Waals surface area contributed by atoms with Gasteiger partial charge < -0.3 is 10.1 Å². The van der Waals surface area contributed by atoms with E-state index in [0.717, 1.165) is 31.4 Å². The van der Waals surface area contributed by atoms with E-state index in [1.165, 1.54) is 32.1 Å². The van der Waals surface area contributed by atoms with E-state index < -0.39 is 0 Å². The van der Waals surface area contributed by atoms with Crippen molar-refractivity contribution in [2.45, 2.75) is 44.6 Å². The van der Waals surface area contributed by atoms with Crippen molar-refractivity contribution in [1.82, 2.24) is 5.32 Å². The van der Waals surface area contributed by atoms with Crippen molar-refractivity contribution in [2.24, 2.45) is 0 Å². The van der Waals surface area contributed by atoms with Crippen LogP contribution in [0.4, 0.5) is 0 Å². The summed E-state index contributed by atoms with van der Waals surface area (Å²) in [4.78, 5) is 0. The van der Waals surface area contributed by atoms with Gasteiger partial charge in [0.25, 0.3) is 0 Å². The van der Waals surface area contributed by atoms with Gasteiger partial charge in [0.2, 0.25) is 0 Å². The summed E-state index contributed by atoms with van der Waals surface area (Å²) in [5, 5.41) is 3.62. The molecule has 1 aliphatic rings. The molecule has 2 nitrogen and oxygen atoms in total. The second kappa shape index (κ2) is 7.33. The Kier molecular flexibility index (Phi) is 5.37. The first-order valence-corrected chi connectivity index (χ1v) is 6.86. The highest BCUT2D eigenvalue weighted by Gasteiger charge is 2.12. The Balaban J connectivity index is 1.46. The molecule has 1 aromatic carbocycles. The van der Waals surface area contributed by atoms with E-state index in [4.69, 9.17) is 4.74 Å². The van der Waals surface area contributed by atoms with Gasteiger partial charge in [0.15, 0.2) is 0 Å². The van der Waals surface area contributed by atoms with Crippen LogP contribution in [0, 0.1) is 0 Å². The van der Waals surface area contributed by atoms with Gasteiger partial charge in [0, 0.05) is 6.04 Å². The zero-order chi connectivity index (χ0) is 11.8. The molecular weight excluding hydrogens is 210 g/mol. The molecule has 0 radical (unpaired) electrons. The number of ether oxygens (including phenoxy) is 1. The van der Waals surface area contributed by atoms with Crippen LogP contribution in [0.1, 0.15) is 38.5 Å². The molecule has 0 spiro atoms. The Hall–Kier alpha value is -1.02. The lowest BCUT2D eigenvalue weighted by molar-refractivity contribution is 0.304. The monoisotopic (exact) mass is 233 g/mol. The Morgan fingerprint density at radius 1 is 1.06 bits per heavy atom. The summed E-state index contributed by atoms with van der Waals surface area (Å²) in [5.41, 5.74) is 0. The average molecular weight is 233 g/mol. The topological polar surface area (TPSA) is 21.3 Å². The minimum absolute atomic E-state index is 0.796. The lowest BCUT2D eigenvalue weighted by atomic mass is 10.2. The van der Waals surface area contributed by atoms with Crippen LogP contribution in [0.25, 0.3) is 0 Å². The van der Waals surface area contributed by atoms with E-state index in [-0.39, 0.29) is 0 Å². The third-order valence-corrected chi connectivity index (χ3v) is 3.37. The highest BCUT2D eigenvalue weighted by Crippen LogP contribution is 2.17. The summed E-state index contributed by atoms with van der Waals surface area (Å²) in [6.45, 7) is 1.97. The highest BCUT2D eigenvalue weighted by atomic mass is 16.5. The molecule has 0 aromatic heterocycles. The van der Waals surface area contributed by atoms with Crippen LogP contribution in [0.15, 0.2) is 30.3 Å². The molecule has 0 amide bonds. The molecule has 1 aromatic rings. The van der Waals surface area contributed by atoms with Crippen LogP contribution in [-0.2, 0) is 0 Å². The van der Waals surface area contributed by atoms with Crippen molar-refractivity contribution in [3.05, 3.63) is 30.3 Å². The van der Waals surface area contributed by atoms with Gasteiger partial charge in [-0.2, -0.15) is 0 Å². The molecule has 1 N–H and O–H groups in total. The normalized spacial score (nSPS) is 16.2. The number of para-hydroxylation sites is 1. The Bertz CT molecular complexity index is 293. The molecule has 17 heavy (non-hydrogen) atoms. The van der Waals surface area contributed by atoms with E-state index in [0.29, 0.717) is 0 Å². The van der Waals surface area contributed by atoms with Gasteiger partial charge in [-0.3, -0.25) is 0 Å². The molecule has 0 heterocycles. The van der Waals surface area contributed by atoms with Gasteiger partial charge in [-0.05, 0) is 44.4 Å². The van der Waals surface area contributed by atoms with Crippen LogP contribution in [0.2, 0.25) is 0 Å². The van der Waals surface area contributed by atoms with Gasteiger partial charge >= 0.3 is 0 Å². The Morgan fingerprint density at radius 2 is 1.82 bits per heavy atom. The summed E-state index contributed by atoms with van der Waals surface area (Å²) < 4.78 is 5.65. The van der Waals surface area contributed by atoms with Crippen molar-refractivity contribution < 1.29 is 4.74 Å². The molecule has 0 atom stereocenters. The predicted octanol–water partition coefficient (Wildman–Crippen LogP) is 3.38. The molecule has 0 unspecified atom stereocenters. The van der Waals surface area contributed by atoms with Crippen molar-refractivity contribution >= 4 is 0 Å². The molecule has 2 heteroatoms. The van der Waals surface area contributed by atoms with E-state index in [1.807, 2.05) is 30.3 Å². The van der Waals surface area contributed by atoms with E-state index in [2.05, 4.69) is 5.32 Å². The highest BCUT2D eigenvalue weighted by molar-refractivity contribution is 5.20. The number of unbranched alkanes of at least 4 members (excludes halogenated alkanes) is 1. The fraction of sp³-hybridized carbons (Fsp3) is 0.600. The fourth-order valence-corrected chi connectivity index (χ4v) is 2.37. The van der Waals surface area contributed by atoms with Gasteiger partial charge in [0.05, 0.1) is 6.61 Å². The molecule has 1 aliphatic carbocycles. The van der Waals surface area contributed by atoms with E-state index >= 15 is 0 Å². The van der Waals surface area contributed by atoms with E-state index in [9.17, 15) is 0 Å². The molecule has 0 saturated heterocycles. The largest absolute Gasteiger partial charge is 0.494 e. The first-order chi connectivity index (χ1) is 8.45. The van der Waals surface area contributed by atoms with Crippen LogP contribution in [-0.4, -0.2) is 19.2 Å². The van der Waals surface area contributed by atoms with E-state index in [1.54, 1.807) is 0 Å². The standard InChI is InChI=1S/C15H23NO/c1-2-10-15(11-3-1)17-13-7-6-12-16-14-8-4-5-9-14/h1-3,10-11,14,16H,4-9,12-13H2. The second-order valence-electron chi connectivity index (χ2n) is 4.80. The number of nitrogens with one attached hydrogen (secondary N) is 1. The molecule has 94 valence electrons. The van der Waals surface area contributed by atoms with Gasteiger partial charge in [-0.1, -0.05) is 31.0 Å². The van der Waals surface area contributed by atoms with Crippen molar-refractivity contribution in [2.75, 3.05) is 13.2 Å². The number of benzene rings is 1. The molecule has 2 rings (SSSR count). The van der Waals surface area contributed by atoms with Crippen molar-refractivity contribution in [3.63, 3.8) is 0 Å². The molecule has 1 saturated carbocycles. The fourth-order valence-electron chi connectivity index (χ4n) is 2.37. The third kappa shape index (κ3) is 4.78. The summed E-state index contributed by atoms with van der Waals surface area (Å²) >= 11 is 0. The molecule has 1 fully saturated rings. The summed E-state index contributed by atoms with van der Waals surface area (Å²) in [6.07, 6.45) is 7.92. The number of hydrogen-bond acceptors (Lipinski definition) is 2. The number of hydrogen-bond donors (Lipinski definition) is 1. The van der Waals surface area contributed by atoms with Gasteiger partial charge in [-0.25, -0.2) is 0 Å². The smallest absolute Gasteiger partial charge is 0.119 e. The van der Waals surface area contributed by atoms with Crippen molar-refractivity contribution in [3.8, 4) is 5.75 Å². The SMILES string of the molecule is c1ccc(OCCCCNC2CCCC2)cc1. The van der Waals surface area contributed by atoms with Crippen molar-refractivity contribution in [1.29, 1.82) is 0 Å². The minimum atomic E-state index is 0.796. The van der Waals surface area contributed by atoms with Gasteiger partial charge in [0.1, 0.15) is 5.75 Å². The third-order valence-electron chi connectivity index (χ3n) is 3.37. The second-order valence-corrected chi connectivity index (χ2v) is 4.80. The minimum Gasteiger partial charge on any atom is -0.494 e. The molecule has 0 bridgehead atoms. The lowest BCUT2D eigenvalue weighted by Gasteiger charge is -2.11. The van der Waals surface area contributed by atoms with Crippen LogP contribution in [0.3, 0.4) is 0 Å². The van der Waals surface area contributed by atoms with Crippen LogP contribution >= 0.6 is 0 Å². The predicted molar refractivity (Wildman–Crippen MR) is 71.4 cm³/mol. The number of rotatable bonds is 7. The Morgan fingerprint density at radius 3 is 2.59 bits per heavy atom. The van der Waals surface area contributed by atoms with Crippen LogP contribution in [0.5, 0.6) is 5.75 Å². The molecule has 0 aliphatic heterocycles. The molecular formula is C15H23NO.